The average molecular weight is 222 g/mol. The molecule has 9 heteroatoms. The van der Waals surface area contributed by atoms with Crippen LogP contribution in [0.1, 0.15) is 0 Å². The summed E-state index contributed by atoms with van der Waals surface area (Å²) in [7, 11) is 0. The standard InChI is InChI=1S/C3HCl2N3O3.Na.H/c4-2-6(9)1-7(10)3(5)8(2)11;;/h1H;;. The minimum absolute atomic E-state index is 0. The summed E-state index contributed by atoms with van der Waals surface area (Å²) in [5.41, 5.74) is 0. The van der Waals surface area contributed by atoms with Gasteiger partial charge in [-0.1, -0.05) is 0 Å². The van der Waals surface area contributed by atoms with E-state index in [4.69, 9.17) is 23.2 Å². The van der Waals surface area contributed by atoms with Crippen molar-refractivity contribution in [2.75, 3.05) is 0 Å². The number of aromatic nitrogens is 3. The van der Waals surface area contributed by atoms with Gasteiger partial charge < -0.3 is 15.6 Å². The van der Waals surface area contributed by atoms with Crippen molar-refractivity contribution < 1.29 is 14.2 Å². The molecule has 0 bridgehead atoms. The van der Waals surface area contributed by atoms with Gasteiger partial charge >= 0.3 is 46.5 Å². The number of nitrogens with zero attached hydrogens (tertiary/aromatic N) is 3. The molecule has 0 aromatic carbocycles. The van der Waals surface area contributed by atoms with E-state index >= 15 is 0 Å². The van der Waals surface area contributed by atoms with Gasteiger partial charge in [-0.2, -0.15) is 0 Å². The summed E-state index contributed by atoms with van der Waals surface area (Å²) in [6.45, 7) is 0. The van der Waals surface area contributed by atoms with Crippen molar-refractivity contribution in [3.63, 3.8) is 0 Å². The van der Waals surface area contributed by atoms with Gasteiger partial charge in [-0.15, -0.1) is 0 Å². The van der Waals surface area contributed by atoms with E-state index < -0.39 is 10.6 Å². The van der Waals surface area contributed by atoms with Crippen LogP contribution in [0.2, 0.25) is 10.6 Å². The molecule has 0 aliphatic rings. The third-order valence-corrected chi connectivity index (χ3v) is 1.55. The maximum absolute atomic E-state index is 10.6. The van der Waals surface area contributed by atoms with Crippen molar-refractivity contribution in [2.45, 2.75) is 0 Å². The van der Waals surface area contributed by atoms with Gasteiger partial charge in [0.05, 0.1) is 23.2 Å². The van der Waals surface area contributed by atoms with E-state index in [0.717, 1.165) is 0 Å². The zero-order valence-electron chi connectivity index (χ0n) is 4.90. The predicted molar refractivity (Wildman–Crippen MR) is 40.5 cm³/mol. The molecule has 0 atom stereocenters. The molecule has 0 spiro atoms. The molecule has 0 saturated heterocycles. The Kier molecular flexibility index (Phi) is 4.29. The van der Waals surface area contributed by atoms with E-state index in [9.17, 15) is 15.6 Å². The fourth-order valence-electron chi connectivity index (χ4n) is 0.446. The monoisotopic (exact) mass is 221 g/mol. The van der Waals surface area contributed by atoms with Crippen LogP contribution in [0.5, 0.6) is 0 Å². The van der Waals surface area contributed by atoms with E-state index in [1.807, 2.05) is 0 Å². The second kappa shape index (κ2) is 4.29. The van der Waals surface area contributed by atoms with Crippen molar-refractivity contribution in [3.05, 3.63) is 32.5 Å². The third-order valence-electron chi connectivity index (χ3n) is 0.909. The third kappa shape index (κ3) is 2.02. The Labute approximate surface area is 99.0 Å². The van der Waals surface area contributed by atoms with Crippen LogP contribution in [0.3, 0.4) is 0 Å². The quantitative estimate of drug-likeness (QED) is 0.296. The molecule has 0 amide bonds. The smallest absolute Gasteiger partial charge is 0.554 e. The molecule has 0 saturated carbocycles. The van der Waals surface area contributed by atoms with Gasteiger partial charge in [0.15, 0.2) is 0 Å². The fraction of sp³-hybridized carbons (Fsp3) is 0. The maximum atomic E-state index is 10.6. The van der Waals surface area contributed by atoms with Crippen LogP contribution in [0.15, 0.2) is 6.33 Å². The SMILES string of the molecule is [NaH].[O-][n+]1c[n+]([O-])c(Cl)[n+]([O-])c1Cl. The van der Waals surface area contributed by atoms with E-state index in [1.54, 1.807) is 0 Å². The molecule has 1 rings (SSSR count). The van der Waals surface area contributed by atoms with E-state index in [1.165, 1.54) is 0 Å². The summed E-state index contributed by atoms with van der Waals surface area (Å²) in [6.07, 6.45) is 0.499. The molecular weight excluding hydrogens is 220 g/mol. The number of hydrogen-bond acceptors (Lipinski definition) is 3. The summed E-state index contributed by atoms with van der Waals surface area (Å²) in [5.74, 6) is 0. The van der Waals surface area contributed by atoms with Crippen LogP contribution >= 0.6 is 23.2 Å². The predicted octanol–water partition coefficient (Wildman–Crippen LogP) is -1.75. The normalized spacial score (nSPS) is 9.17. The first-order chi connectivity index (χ1) is 5.04. The molecule has 0 aliphatic heterocycles. The molecule has 62 valence electrons. The van der Waals surface area contributed by atoms with Gasteiger partial charge in [0.1, 0.15) is 0 Å². The number of halogens is 2. The molecule has 1 aromatic rings. The van der Waals surface area contributed by atoms with Crippen molar-refractivity contribution >= 4 is 52.8 Å². The van der Waals surface area contributed by atoms with Gasteiger partial charge in [0, 0.05) is 0 Å². The summed E-state index contributed by atoms with van der Waals surface area (Å²) < 4.78 is -0.357. The summed E-state index contributed by atoms with van der Waals surface area (Å²) >= 11 is 10.2. The van der Waals surface area contributed by atoms with Gasteiger partial charge in [-0.05, 0) is 14.2 Å². The molecule has 12 heavy (non-hydrogen) atoms. The number of hydrogen-bond donors (Lipinski definition) is 0. The minimum atomic E-state index is -0.720. The zero-order valence-corrected chi connectivity index (χ0v) is 6.41. The Balaban J connectivity index is 0.00000121. The van der Waals surface area contributed by atoms with E-state index in [0.29, 0.717) is 6.33 Å². The first-order valence-corrected chi connectivity index (χ1v) is 3.09. The Bertz CT molecular complexity index is 283. The minimum Gasteiger partial charge on any atom is -0.609 e. The van der Waals surface area contributed by atoms with Crippen LogP contribution < -0.4 is 14.2 Å². The molecular formula is C3H2Cl2N3NaO3. The van der Waals surface area contributed by atoms with Crippen molar-refractivity contribution in [2.24, 2.45) is 0 Å². The number of rotatable bonds is 0. The van der Waals surface area contributed by atoms with Crippen molar-refractivity contribution in [3.8, 4) is 0 Å². The summed E-state index contributed by atoms with van der Waals surface area (Å²) in [5, 5.41) is 30.2. The molecule has 0 N–H and O–H groups in total. The van der Waals surface area contributed by atoms with Crippen LogP contribution in [-0.4, -0.2) is 29.6 Å². The van der Waals surface area contributed by atoms with Crippen molar-refractivity contribution in [1.29, 1.82) is 0 Å². The second-order valence-electron chi connectivity index (χ2n) is 1.60. The van der Waals surface area contributed by atoms with Gasteiger partial charge in [-0.25, -0.2) is 0 Å². The maximum Gasteiger partial charge on any atom is 0.554 e. The second-order valence-corrected chi connectivity index (χ2v) is 2.28. The molecule has 6 nitrogen and oxygen atoms in total. The molecule has 1 aromatic heterocycles. The van der Waals surface area contributed by atoms with E-state index in [-0.39, 0.29) is 43.7 Å². The Morgan fingerprint density at radius 2 is 1.33 bits per heavy atom. The molecule has 1 heterocycles. The van der Waals surface area contributed by atoms with Gasteiger partial charge in [0.2, 0.25) is 0 Å². The average Bonchev–Trinajstić information content (AvgIpc) is 1.97. The molecule has 0 radical (unpaired) electrons. The Morgan fingerprint density at radius 1 is 1.00 bits per heavy atom. The van der Waals surface area contributed by atoms with E-state index in [2.05, 4.69) is 0 Å². The van der Waals surface area contributed by atoms with Gasteiger partial charge in [-0.3, -0.25) is 0 Å². The van der Waals surface area contributed by atoms with Crippen molar-refractivity contribution in [1.82, 2.24) is 0 Å². The van der Waals surface area contributed by atoms with Crippen LogP contribution in [0.25, 0.3) is 0 Å². The first-order valence-electron chi connectivity index (χ1n) is 2.34. The summed E-state index contributed by atoms with van der Waals surface area (Å²) in [6, 6.07) is 0. The fourth-order valence-corrected chi connectivity index (χ4v) is 0.736. The topological polar surface area (TPSA) is 80.8 Å². The largest absolute Gasteiger partial charge is 0.609 e. The van der Waals surface area contributed by atoms with Crippen LogP contribution in [-0.2, 0) is 0 Å². The van der Waals surface area contributed by atoms with Gasteiger partial charge in [0.25, 0.3) is 0 Å². The molecule has 0 unspecified atom stereocenters. The van der Waals surface area contributed by atoms with Crippen LogP contribution in [0, 0.1) is 15.6 Å². The molecule has 0 fully saturated rings. The Morgan fingerprint density at radius 3 is 1.67 bits per heavy atom. The Hall–Kier alpha value is -0.0100. The first kappa shape index (κ1) is 12.0. The molecule has 0 aliphatic carbocycles. The zero-order chi connectivity index (χ0) is 8.59. The van der Waals surface area contributed by atoms with Crippen LogP contribution in [0.4, 0.5) is 0 Å². The summed E-state index contributed by atoms with van der Waals surface area (Å²) in [4.78, 5) is 0.